The lowest BCUT2D eigenvalue weighted by molar-refractivity contribution is 0.430. The summed E-state index contributed by atoms with van der Waals surface area (Å²) in [5.41, 5.74) is 0.476. The second kappa shape index (κ2) is 4.72. The first-order chi connectivity index (χ1) is 8.04. The van der Waals surface area contributed by atoms with Gasteiger partial charge in [-0.1, -0.05) is 20.8 Å². The first kappa shape index (κ1) is 12.5. The maximum absolute atomic E-state index is 4.14. The molecule has 1 aromatic rings. The van der Waals surface area contributed by atoms with Crippen molar-refractivity contribution in [2.75, 3.05) is 6.54 Å². The van der Waals surface area contributed by atoms with Gasteiger partial charge in [-0.2, -0.15) is 0 Å². The van der Waals surface area contributed by atoms with Gasteiger partial charge in [-0.25, -0.2) is 4.68 Å². The van der Waals surface area contributed by atoms with E-state index >= 15 is 0 Å². The van der Waals surface area contributed by atoms with E-state index in [2.05, 4.69) is 48.5 Å². The Morgan fingerprint density at radius 2 is 2.24 bits per heavy atom. The van der Waals surface area contributed by atoms with Crippen LogP contribution in [0, 0.1) is 11.3 Å². The van der Waals surface area contributed by atoms with Gasteiger partial charge in [0.1, 0.15) is 0 Å². The zero-order chi connectivity index (χ0) is 12.5. The molecule has 1 aromatic heterocycles. The average Bonchev–Trinajstić information content (AvgIpc) is 2.70. The van der Waals surface area contributed by atoms with Crippen molar-refractivity contribution < 1.29 is 0 Å². The Balaban J connectivity index is 1.97. The second-order valence-corrected chi connectivity index (χ2v) is 5.78. The molecule has 5 nitrogen and oxygen atoms in total. The van der Waals surface area contributed by atoms with Crippen LogP contribution in [0.2, 0.25) is 0 Å². The van der Waals surface area contributed by atoms with Gasteiger partial charge in [-0.15, -0.1) is 5.10 Å². The van der Waals surface area contributed by atoms with Gasteiger partial charge in [-0.05, 0) is 48.1 Å². The summed E-state index contributed by atoms with van der Waals surface area (Å²) in [4.78, 5) is 0. The summed E-state index contributed by atoms with van der Waals surface area (Å²) in [5, 5.41) is 15.5. The van der Waals surface area contributed by atoms with Gasteiger partial charge in [0, 0.05) is 6.54 Å². The SMILES string of the molecule is CCCNC(C)c1nnnn1CC1CC1(C)C. The molecular weight excluding hydrogens is 214 g/mol. The van der Waals surface area contributed by atoms with Crippen molar-refractivity contribution in [2.24, 2.45) is 11.3 Å². The summed E-state index contributed by atoms with van der Waals surface area (Å²) in [7, 11) is 0. The molecule has 1 heterocycles. The zero-order valence-corrected chi connectivity index (χ0v) is 11.3. The highest BCUT2D eigenvalue weighted by atomic mass is 15.5. The van der Waals surface area contributed by atoms with Crippen LogP contribution in [0.1, 0.15) is 52.4 Å². The molecule has 1 aliphatic carbocycles. The molecule has 2 rings (SSSR count). The van der Waals surface area contributed by atoms with Crippen LogP contribution in [0.5, 0.6) is 0 Å². The van der Waals surface area contributed by atoms with Crippen molar-refractivity contribution in [3.05, 3.63) is 5.82 Å². The van der Waals surface area contributed by atoms with Crippen LogP contribution in [0.15, 0.2) is 0 Å². The van der Waals surface area contributed by atoms with Crippen molar-refractivity contribution in [2.45, 2.75) is 53.1 Å². The van der Waals surface area contributed by atoms with Gasteiger partial charge in [0.05, 0.1) is 6.04 Å². The van der Waals surface area contributed by atoms with E-state index in [0.29, 0.717) is 5.41 Å². The standard InChI is InChI=1S/C12H23N5/c1-5-6-13-9(2)11-14-15-16-17(11)8-10-7-12(10,3)4/h9-10,13H,5-8H2,1-4H3. The maximum Gasteiger partial charge on any atom is 0.167 e. The van der Waals surface area contributed by atoms with E-state index in [0.717, 1.165) is 31.3 Å². The van der Waals surface area contributed by atoms with E-state index in [1.807, 2.05) is 4.68 Å². The van der Waals surface area contributed by atoms with Crippen molar-refractivity contribution in [3.8, 4) is 0 Å². The molecule has 0 bridgehead atoms. The Kier molecular flexibility index (Phi) is 3.47. The molecule has 96 valence electrons. The van der Waals surface area contributed by atoms with E-state index in [1.165, 1.54) is 6.42 Å². The van der Waals surface area contributed by atoms with Gasteiger partial charge in [0.15, 0.2) is 5.82 Å². The molecular formula is C12H23N5. The molecule has 0 amide bonds. The molecule has 1 aliphatic rings. The number of aromatic nitrogens is 4. The molecule has 17 heavy (non-hydrogen) atoms. The normalized spacial score (nSPS) is 23.6. The van der Waals surface area contributed by atoms with Crippen LogP contribution in [-0.2, 0) is 6.54 Å². The Morgan fingerprint density at radius 3 is 2.82 bits per heavy atom. The Hall–Kier alpha value is -0.970. The van der Waals surface area contributed by atoms with Crippen molar-refractivity contribution >= 4 is 0 Å². The van der Waals surface area contributed by atoms with E-state index in [1.54, 1.807) is 0 Å². The van der Waals surface area contributed by atoms with E-state index < -0.39 is 0 Å². The number of hydrogen-bond donors (Lipinski definition) is 1. The van der Waals surface area contributed by atoms with Gasteiger partial charge in [0.25, 0.3) is 0 Å². The van der Waals surface area contributed by atoms with E-state index in [9.17, 15) is 0 Å². The highest BCUT2D eigenvalue weighted by Crippen LogP contribution is 2.52. The summed E-state index contributed by atoms with van der Waals surface area (Å²) < 4.78 is 1.97. The molecule has 0 saturated heterocycles. The van der Waals surface area contributed by atoms with E-state index in [-0.39, 0.29) is 6.04 Å². The smallest absolute Gasteiger partial charge is 0.167 e. The predicted molar refractivity (Wildman–Crippen MR) is 66.4 cm³/mol. The molecule has 1 N–H and O–H groups in total. The molecule has 0 radical (unpaired) electrons. The summed E-state index contributed by atoms with van der Waals surface area (Å²) in [6, 6.07) is 0.229. The van der Waals surface area contributed by atoms with E-state index in [4.69, 9.17) is 0 Å². The largest absolute Gasteiger partial charge is 0.307 e. The molecule has 2 atom stereocenters. The number of nitrogens with zero attached hydrogens (tertiary/aromatic N) is 4. The summed E-state index contributed by atoms with van der Waals surface area (Å²) >= 11 is 0. The molecule has 0 spiro atoms. The number of tetrazole rings is 1. The molecule has 1 saturated carbocycles. The third-order valence-corrected chi connectivity index (χ3v) is 3.76. The Labute approximate surface area is 103 Å². The fraction of sp³-hybridized carbons (Fsp3) is 0.917. The summed E-state index contributed by atoms with van der Waals surface area (Å²) in [5.74, 6) is 1.68. The van der Waals surface area contributed by atoms with Crippen LogP contribution in [-0.4, -0.2) is 26.8 Å². The third kappa shape index (κ3) is 2.83. The minimum Gasteiger partial charge on any atom is -0.307 e. The van der Waals surface area contributed by atoms with Gasteiger partial charge in [-0.3, -0.25) is 0 Å². The fourth-order valence-corrected chi connectivity index (χ4v) is 2.20. The lowest BCUT2D eigenvalue weighted by Gasteiger charge is -2.13. The molecule has 0 aliphatic heterocycles. The minimum absolute atomic E-state index is 0.229. The van der Waals surface area contributed by atoms with Crippen molar-refractivity contribution in [1.29, 1.82) is 0 Å². The monoisotopic (exact) mass is 237 g/mol. The van der Waals surface area contributed by atoms with Crippen LogP contribution in [0.25, 0.3) is 0 Å². The number of rotatable bonds is 6. The van der Waals surface area contributed by atoms with Gasteiger partial charge >= 0.3 is 0 Å². The topological polar surface area (TPSA) is 55.6 Å². The predicted octanol–water partition coefficient (Wildman–Crippen LogP) is 1.78. The molecule has 2 unspecified atom stereocenters. The van der Waals surface area contributed by atoms with Gasteiger partial charge in [0.2, 0.25) is 0 Å². The van der Waals surface area contributed by atoms with Crippen LogP contribution >= 0.6 is 0 Å². The molecule has 1 fully saturated rings. The number of nitrogens with one attached hydrogen (secondary N) is 1. The van der Waals surface area contributed by atoms with Crippen molar-refractivity contribution in [1.82, 2.24) is 25.5 Å². The Morgan fingerprint density at radius 1 is 1.53 bits per heavy atom. The van der Waals surface area contributed by atoms with Crippen LogP contribution < -0.4 is 5.32 Å². The first-order valence-electron chi connectivity index (χ1n) is 6.54. The highest BCUT2D eigenvalue weighted by Gasteiger charge is 2.46. The fourth-order valence-electron chi connectivity index (χ4n) is 2.20. The average molecular weight is 237 g/mol. The molecule has 5 heteroatoms. The highest BCUT2D eigenvalue weighted by molar-refractivity contribution is 4.97. The first-order valence-corrected chi connectivity index (χ1v) is 6.54. The maximum atomic E-state index is 4.14. The number of hydrogen-bond acceptors (Lipinski definition) is 4. The Bertz CT molecular complexity index is 371. The summed E-state index contributed by atoms with van der Waals surface area (Å²) in [6.45, 7) is 10.8. The van der Waals surface area contributed by atoms with Crippen molar-refractivity contribution in [3.63, 3.8) is 0 Å². The van der Waals surface area contributed by atoms with Gasteiger partial charge < -0.3 is 5.32 Å². The summed E-state index contributed by atoms with van der Waals surface area (Å²) in [6.07, 6.45) is 2.41. The van der Waals surface area contributed by atoms with Crippen LogP contribution in [0.4, 0.5) is 0 Å². The van der Waals surface area contributed by atoms with Crippen LogP contribution in [0.3, 0.4) is 0 Å². The third-order valence-electron chi connectivity index (χ3n) is 3.76. The minimum atomic E-state index is 0.229. The lowest BCUT2D eigenvalue weighted by Crippen LogP contribution is -2.23. The zero-order valence-electron chi connectivity index (χ0n) is 11.3. The molecule has 0 aromatic carbocycles. The second-order valence-electron chi connectivity index (χ2n) is 5.78. The lowest BCUT2D eigenvalue weighted by atomic mass is 10.1. The quantitative estimate of drug-likeness (QED) is 0.819.